The molecule has 0 unspecified atom stereocenters. The largest absolute Gasteiger partial charge is 0.545 e. The molecule has 0 aliphatic heterocycles. The lowest BCUT2D eigenvalue weighted by Crippen LogP contribution is -2.22. The van der Waals surface area contributed by atoms with Gasteiger partial charge in [0.2, 0.25) is 0 Å². The van der Waals surface area contributed by atoms with Crippen LogP contribution in [0.1, 0.15) is 10.4 Å². The van der Waals surface area contributed by atoms with E-state index in [2.05, 4.69) is 4.98 Å². The smallest absolute Gasteiger partial charge is 0.123 e. The number of thiophene rings is 1. The first-order valence-electron chi connectivity index (χ1n) is 7.69. The standard InChI is InChI=1S/C20H11ClFNO2S/c21-12-3-6-16-14(9-12)15(20(24)25)10-17(23-16)19-8-7-18(26-19)11-1-4-13(22)5-2-11/h1-10H,(H,24,25)/p-1. The van der Waals surface area contributed by atoms with Crippen molar-refractivity contribution in [1.82, 2.24) is 4.98 Å². The number of carboxylic acids is 1. The van der Waals surface area contributed by atoms with Gasteiger partial charge in [-0.1, -0.05) is 23.7 Å². The lowest BCUT2D eigenvalue weighted by molar-refractivity contribution is -0.254. The minimum absolute atomic E-state index is 0.0456. The summed E-state index contributed by atoms with van der Waals surface area (Å²) in [5, 5.41) is 12.4. The van der Waals surface area contributed by atoms with Crippen LogP contribution < -0.4 is 5.11 Å². The third-order valence-corrected chi connectivity index (χ3v) is 5.37. The van der Waals surface area contributed by atoms with Crippen LogP contribution in [0.25, 0.3) is 31.9 Å². The van der Waals surface area contributed by atoms with Gasteiger partial charge >= 0.3 is 0 Å². The number of rotatable bonds is 3. The second kappa shape index (κ2) is 6.52. The van der Waals surface area contributed by atoms with Gasteiger partial charge in [-0.25, -0.2) is 9.37 Å². The first kappa shape index (κ1) is 16.7. The Kier molecular flexibility index (Phi) is 4.18. The molecule has 0 saturated carbocycles. The van der Waals surface area contributed by atoms with Crippen LogP contribution in [0.15, 0.2) is 60.7 Å². The fourth-order valence-electron chi connectivity index (χ4n) is 2.74. The lowest BCUT2D eigenvalue weighted by atomic mass is 10.1. The van der Waals surface area contributed by atoms with E-state index in [0.29, 0.717) is 21.6 Å². The normalized spacial score (nSPS) is 11.0. The quantitative estimate of drug-likeness (QED) is 0.512. The Hall–Kier alpha value is -2.76. The Morgan fingerprint density at radius 3 is 2.46 bits per heavy atom. The van der Waals surface area contributed by atoms with Crippen molar-refractivity contribution in [2.24, 2.45) is 0 Å². The van der Waals surface area contributed by atoms with Gasteiger partial charge in [-0.05, 0) is 54.1 Å². The number of hydrogen-bond acceptors (Lipinski definition) is 4. The van der Waals surface area contributed by atoms with Crippen LogP contribution in [0.2, 0.25) is 5.02 Å². The summed E-state index contributed by atoms with van der Waals surface area (Å²) in [4.78, 5) is 17.9. The Balaban J connectivity index is 1.83. The van der Waals surface area contributed by atoms with Gasteiger partial charge in [-0.2, -0.15) is 0 Å². The van der Waals surface area contributed by atoms with E-state index in [1.54, 1.807) is 30.3 Å². The Morgan fingerprint density at radius 1 is 1.00 bits per heavy atom. The summed E-state index contributed by atoms with van der Waals surface area (Å²) in [6, 6.07) is 16.4. The number of aromatic nitrogens is 1. The molecule has 4 rings (SSSR count). The highest BCUT2D eigenvalue weighted by Gasteiger charge is 2.12. The van der Waals surface area contributed by atoms with Gasteiger partial charge in [0.05, 0.1) is 22.1 Å². The van der Waals surface area contributed by atoms with Gasteiger partial charge < -0.3 is 9.90 Å². The molecule has 0 aliphatic rings. The number of carboxylic acid groups (broad SMARTS) is 1. The molecule has 0 saturated heterocycles. The van der Waals surface area contributed by atoms with E-state index in [0.717, 1.165) is 15.3 Å². The fraction of sp³-hybridized carbons (Fsp3) is 0. The van der Waals surface area contributed by atoms with Crippen molar-refractivity contribution in [3.8, 4) is 21.0 Å². The zero-order chi connectivity index (χ0) is 18.3. The van der Waals surface area contributed by atoms with Gasteiger partial charge in [0.25, 0.3) is 0 Å². The molecule has 128 valence electrons. The van der Waals surface area contributed by atoms with Crippen LogP contribution in [0.3, 0.4) is 0 Å². The number of nitrogens with zero attached hydrogens (tertiary/aromatic N) is 1. The maximum atomic E-state index is 13.1. The van der Waals surface area contributed by atoms with Gasteiger partial charge in [0.15, 0.2) is 0 Å². The van der Waals surface area contributed by atoms with Crippen molar-refractivity contribution in [2.45, 2.75) is 0 Å². The van der Waals surface area contributed by atoms with E-state index < -0.39 is 5.97 Å². The number of aromatic carboxylic acids is 1. The molecule has 2 aromatic carbocycles. The van der Waals surface area contributed by atoms with E-state index in [1.165, 1.54) is 29.5 Å². The monoisotopic (exact) mass is 382 g/mol. The number of fused-ring (bicyclic) bond motifs is 1. The average Bonchev–Trinajstić information content (AvgIpc) is 3.11. The second-order valence-corrected chi connectivity index (χ2v) is 7.19. The Bertz CT molecular complexity index is 1140. The van der Waals surface area contributed by atoms with E-state index in [9.17, 15) is 14.3 Å². The van der Waals surface area contributed by atoms with E-state index in [-0.39, 0.29) is 11.4 Å². The van der Waals surface area contributed by atoms with Gasteiger partial charge in [0, 0.05) is 20.8 Å². The first-order chi connectivity index (χ1) is 12.5. The molecule has 0 amide bonds. The maximum Gasteiger partial charge on any atom is 0.123 e. The molecule has 26 heavy (non-hydrogen) atoms. The van der Waals surface area contributed by atoms with Crippen molar-refractivity contribution in [3.63, 3.8) is 0 Å². The molecular formula is C20H10ClFNO2S-. The molecule has 0 spiro atoms. The summed E-state index contributed by atoms with van der Waals surface area (Å²) in [5.41, 5.74) is 2.00. The summed E-state index contributed by atoms with van der Waals surface area (Å²) in [7, 11) is 0. The number of halogens is 2. The average molecular weight is 383 g/mol. The van der Waals surface area contributed by atoms with E-state index >= 15 is 0 Å². The summed E-state index contributed by atoms with van der Waals surface area (Å²) < 4.78 is 13.1. The maximum absolute atomic E-state index is 13.1. The van der Waals surface area contributed by atoms with Gasteiger partial charge in [-0.15, -0.1) is 11.3 Å². The van der Waals surface area contributed by atoms with Crippen molar-refractivity contribution >= 4 is 39.8 Å². The SMILES string of the molecule is O=C([O-])c1cc(-c2ccc(-c3ccc(F)cc3)s2)nc2ccc(Cl)cc12. The summed E-state index contributed by atoms with van der Waals surface area (Å²) in [6.45, 7) is 0. The van der Waals surface area contributed by atoms with Crippen LogP contribution in [0.5, 0.6) is 0 Å². The van der Waals surface area contributed by atoms with Crippen molar-refractivity contribution in [2.75, 3.05) is 0 Å². The minimum atomic E-state index is -1.28. The fourth-order valence-corrected chi connectivity index (χ4v) is 3.88. The summed E-state index contributed by atoms with van der Waals surface area (Å²) in [6.07, 6.45) is 0. The van der Waals surface area contributed by atoms with E-state index in [4.69, 9.17) is 11.6 Å². The second-order valence-electron chi connectivity index (χ2n) is 5.67. The molecule has 2 heterocycles. The molecule has 2 aromatic heterocycles. The van der Waals surface area contributed by atoms with Crippen LogP contribution in [0, 0.1) is 5.82 Å². The minimum Gasteiger partial charge on any atom is -0.545 e. The van der Waals surface area contributed by atoms with Crippen molar-refractivity contribution < 1.29 is 14.3 Å². The highest BCUT2D eigenvalue weighted by Crippen LogP contribution is 2.35. The number of carbonyl (C=O) groups is 1. The molecule has 0 atom stereocenters. The van der Waals surface area contributed by atoms with Gasteiger partial charge in [0.1, 0.15) is 5.82 Å². The van der Waals surface area contributed by atoms with E-state index in [1.807, 2.05) is 12.1 Å². The molecule has 0 aliphatic carbocycles. The molecule has 0 radical (unpaired) electrons. The highest BCUT2D eigenvalue weighted by atomic mass is 35.5. The summed E-state index contributed by atoms with van der Waals surface area (Å²) in [5.74, 6) is -1.57. The Morgan fingerprint density at radius 2 is 1.73 bits per heavy atom. The molecule has 0 fully saturated rings. The third-order valence-electron chi connectivity index (χ3n) is 3.98. The Labute approximate surface area is 157 Å². The first-order valence-corrected chi connectivity index (χ1v) is 8.88. The lowest BCUT2D eigenvalue weighted by Gasteiger charge is -2.10. The van der Waals surface area contributed by atoms with Gasteiger partial charge in [-0.3, -0.25) is 0 Å². The number of pyridine rings is 1. The molecule has 0 bridgehead atoms. The van der Waals surface area contributed by atoms with Crippen molar-refractivity contribution in [1.29, 1.82) is 0 Å². The van der Waals surface area contributed by atoms with Crippen LogP contribution in [-0.2, 0) is 0 Å². The number of carbonyl (C=O) groups excluding carboxylic acids is 1. The molecule has 3 nitrogen and oxygen atoms in total. The molecule has 6 heteroatoms. The highest BCUT2D eigenvalue weighted by molar-refractivity contribution is 7.18. The third kappa shape index (κ3) is 3.07. The predicted molar refractivity (Wildman–Crippen MR) is 99.8 cm³/mol. The molecule has 4 aromatic rings. The predicted octanol–water partition coefficient (Wildman–Crippen LogP) is 4.79. The molecule has 0 N–H and O–H groups in total. The van der Waals surface area contributed by atoms with Crippen LogP contribution >= 0.6 is 22.9 Å². The van der Waals surface area contributed by atoms with Crippen molar-refractivity contribution in [3.05, 3.63) is 77.1 Å². The summed E-state index contributed by atoms with van der Waals surface area (Å²) >= 11 is 7.42. The van der Waals surface area contributed by atoms with Crippen LogP contribution in [-0.4, -0.2) is 11.0 Å². The zero-order valence-corrected chi connectivity index (χ0v) is 14.8. The van der Waals surface area contributed by atoms with Crippen LogP contribution in [0.4, 0.5) is 4.39 Å². The topological polar surface area (TPSA) is 53.0 Å². The molecular weight excluding hydrogens is 373 g/mol. The zero-order valence-electron chi connectivity index (χ0n) is 13.2. The number of hydrogen-bond donors (Lipinski definition) is 0. The number of benzene rings is 2.